The summed E-state index contributed by atoms with van der Waals surface area (Å²) in [4.78, 5) is 11.8. The fourth-order valence-electron chi connectivity index (χ4n) is 1.64. The number of amides is 1. The van der Waals surface area contributed by atoms with E-state index in [-0.39, 0.29) is 18.2 Å². The van der Waals surface area contributed by atoms with E-state index < -0.39 is 6.10 Å². The average molecular weight is 295 g/mol. The van der Waals surface area contributed by atoms with Crippen LogP contribution in [0.3, 0.4) is 0 Å². The number of benzene rings is 1. The molecule has 112 valence electrons. The van der Waals surface area contributed by atoms with Gasteiger partial charge in [0.05, 0.1) is 12.5 Å². The third-order valence-corrected chi connectivity index (χ3v) is 4.12. The van der Waals surface area contributed by atoms with Gasteiger partial charge in [-0.25, -0.2) is 0 Å². The van der Waals surface area contributed by atoms with E-state index in [0.717, 1.165) is 11.4 Å². The molecule has 2 N–H and O–H groups in total. The Kier molecular flexibility index (Phi) is 7.10. The van der Waals surface area contributed by atoms with Gasteiger partial charge in [0.25, 0.3) is 0 Å². The van der Waals surface area contributed by atoms with Crippen molar-refractivity contribution in [2.75, 3.05) is 5.32 Å². The zero-order valence-electron chi connectivity index (χ0n) is 12.7. The van der Waals surface area contributed by atoms with Gasteiger partial charge < -0.3 is 10.4 Å². The summed E-state index contributed by atoms with van der Waals surface area (Å²) in [5.41, 5.74) is 2.00. The van der Waals surface area contributed by atoms with Crippen molar-refractivity contribution in [2.45, 2.75) is 51.2 Å². The van der Waals surface area contributed by atoms with Gasteiger partial charge in [0.15, 0.2) is 0 Å². The average Bonchev–Trinajstić information content (AvgIpc) is 2.36. The number of anilines is 1. The SMILES string of the molecule is CC(C)SCc1cccc(NC(=O)CC(O)C(C)C)c1. The van der Waals surface area contributed by atoms with Crippen molar-refractivity contribution in [1.82, 2.24) is 0 Å². The molecule has 0 saturated heterocycles. The molecule has 0 aliphatic carbocycles. The Morgan fingerprint density at radius 1 is 1.30 bits per heavy atom. The van der Waals surface area contributed by atoms with Gasteiger partial charge in [-0.1, -0.05) is 39.8 Å². The van der Waals surface area contributed by atoms with Crippen LogP contribution >= 0.6 is 11.8 Å². The number of rotatable bonds is 7. The Morgan fingerprint density at radius 2 is 2.00 bits per heavy atom. The van der Waals surface area contributed by atoms with Crippen LogP contribution in [-0.2, 0) is 10.5 Å². The van der Waals surface area contributed by atoms with Gasteiger partial charge in [0.2, 0.25) is 5.91 Å². The Labute approximate surface area is 126 Å². The second kappa shape index (κ2) is 8.32. The van der Waals surface area contributed by atoms with Crippen molar-refractivity contribution in [3.05, 3.63) is 29.8 Å². The van der Waals surface area contributed by atoms with E-state index in [9.17, 15) is 9.90 Å². The summed E-state index contributed by atoms with van der Waals surface area (Å²) >= 11 is 1.87. The van der Waals surface area contributed by atoms with Gasteiger partial charge in [-0.3, -0.25) is 4.79 Å². The number of nitrogens with one attached hydrogen (secondary N) is 1. The van der Waals surface area contributed by atoms with Crippen LogP contribution in [0.4, 0.5) is 5.69 Å². The summed E-state index contributed by atoms with van der Waals surface area (Å²) in [7, 11) is 0. The van der Waals surface area contributed by atoms with Crippen LogP contribution in [0.2, 0.25) is 0 Å². The van der Waals surface area contributed by atoms with Crippen molar-refractivity contribution in [3.8, 4) is 0 Å². The van der Waals surface area contributed by atoms with E-state index in [2.05, 4.69) is 25.2 Å². The van der Waals surface area contributed by atoms with Gasteiger partial charge in [0, 0.05) is 11.4 Å². The van der Waals surface area contributed by atoms with Crippen molar-refractivity contribution >= 4 is 23.4 Å². The molecule has 0 radical (unpaired) electrons. The van der Waals surface area contributed by atoms with Crippen molar-refractivity contribution in [1.29, 1.82) is 0 Å². The van der Waals surface area contributed by atoms with E-state index >= 15 is 0 Å². The molecule has 3 nitrogen and oxygen atoms in total. The maximum Gasteiger partial charge on any atom is 0.226 e. The molecule has 0 aliphatic rings. The quantitative estimate of drug-likeness (QED) is 0.807. The van der Waals surface area contributed by atoms with Crippen molar-refractivity contribution < 1.29 is 9.90 Å². The molecular formula is C16H25NO2S. The largest absolute Gasteiger partial charge is 0.392 e. The zero-order chi connectivity index (χ0) is 15.1. The third-order valence-electron chi connectivity index (χ3n) is 2.96. The predicted molar refractivity (Wildman–Crippen MR) is 87.0 cm³/mol. The normalized spacial score (nSPS) is 12.8. The highest BCUT2D eigenvalue weighted by Gasteiger charge is 2.14. The van der Waals surface area contributed by atoms with Crippen LogP contribution in [0.25, 0.3) is 0 Å². The molecule has 1 unspecified atom stereocenters. The fraction of sp³-hybridized carbons (Fsp3) is 0.562. The summed E-state index contributed by atoms with van der Waals surface area (Å²) in [5.74, 6) is 0.894. The monoisotopic (exact) mass is 295 g/mol. The first-order valence-corrected chi connectivity index (χ1v) is 8.11. The highest BCUT2D eigenvalue weighted by molar-refractivity contribution is 7.99. The van der Waals surface area contributed by atoms with Crippen LogP contribution in [-0.4, -0.2) is 22.4 Å². The Bertz CT molecular complexity index is 432. The zero-order valence-corrected chi connectivity index (χ0v) is 13.5. The first kappa shape index (κ1) is 17.1. The molecule has 1 amide bonds. The van der Waals surface area contributed by atoms with Crippen LogP contribution in [0.15, 0.2) is 24.3 Å². The first-order valence-electron chi connectivity index (χ1n) is 7.07. The minimum absolute atomic E-state index is 0.0922. The maximum absolute atomic E-state index is 11.8. The lowest BCUT2D eigenvalue weighted by atomic mass is 10.0. The summed E-state index contributed by atoms with van der Waals surface area (Å²) in [6.45, 7) is 8.15. The molecule has 0 fully saturated rings. The van der Waals surface area contributed by atoms with Gasteiger partial charge in [-0.05, 0) is 28.9 Å². The van der Waals surface area contributed by atoms with Crippen LogP contribution in [0, 0.1) is 5.92 Å². The number of hydrogen-bond donors (Lipinski definition) is 2. The summed E-state index contributed by atoms with van der Waals surface area (Å²) < 4.78 is 0. The minimum Gasteiger partial charge on any atom is -0.392 e. The molecule has 1 aromatic carbocycles. The second-order valence-corrected chi connectivity index (χ2v) is 7.19. The summed E-state index contributed by atoms with van der Waals surface area (Å²) in [6.07, 6.45) is -0.447. The van der Waals surface area contributed by atoms with E-state index in [0.29, 0.717) is 5.25 Å². The highest BCUT2D eigenvalue weighted by Crippen LogP contribution is 2.20. The molecule has 0 bridgehead atoms. The smallest absolute Gasteiger partial charge is 0.226 e. The van der Waals surface area contributed by atoms with Crippen LogP contribution in [0.5, 0.6) is 0 Å². The Balaban J connectivity index is 2.55. The predicted octanol–water partition coefficient (Wildman–Crippen LogP) is 3.67. The maximum atomic E-state index is 11.8. The number of aliphatic hydroxyl groups is 1. The van der Waals surface area contributed by atoms with E-state index in [1.54, 1.807) is 0 Å². The summed E-state index contributed by atoms with van der Waals surface area (Å²) in [6, 6.07) is 7.89. The lowest BCUT2D eigenvalue weighted by Gasteiger charge is -2.14. The second-order valence-electron chi connectivity index (χ2n) is 5.62. The number of thioether (sulfide) groups is 1. The molecule has 0 aromatic heterocycles. The summed E-state index contributed by atoms with van der Waals surface area (Å²) in [5, 5.41) is 13.2. The molecule has 0 heterocycles. The molecule has 1 atom stereocenters. The molecule has 1 aromatic rings. The Hall–Kier alpha value is -1.00. The van der Waals surface area contributed by atoms with Crippen LogP contribution in [0.1, 0.15) is 39.7 Å². The molecule has 1 rings (SSSR count). The lowest BCUT2D eigenvalue weighted by Crippen LogP contribution is -2.23. The topological polar surface area (TPSA) is 49.3 Å². The molecule has 0 saturated carbocycles. The van der Waals surface area contributed by atoms with Crippen molar-refractivity contribution in [3.63, 3.8) is 0 Å². The molecule has 4 heteroatoms. The van der Waals surface area contributed by atoms with Gasteiger partial charge >= 0.3 is 0 Å². The number of aliphatic hydroxyl groups excluding tert-OH is 1. The number of carbonyl (C=O) groups is 1. The first-order chi connectivity index (χ1) is 9.38. The third kappa shape index (κ3) is 6.44. The number of hydrogen-bond acceptors (Lipinski definition) is 3. The molecule has 0 aliphatic heterocycles. The van der Waals surface area contributed by atoms with Crippen LogP contribution < -0.4 is 5.32 Å². The van der Waals surface area contributed by atoms with Gasteiger partial charge in [-0.2, -0.15) is 11.8 Å². The number of carbonyl (C=O) groups excluding carboxylic acids is 1. The highest BCUT2D eigenvalue weighted by atomic mass is 32.2. The minimum atomic E-state index is -0.588. The van der Waals surface area contributed by atoms with Gasteiger partial charge in [0.1, 0.15) is 0 Å². The molecular weight excluding hydrogens is 270 g/mol. The Morgan fingerprint density at radius 3 is 2.60 bits per heavy atom. The van der Waals surface area contributed by atoms with E-state index in [1.165, 1.54) is 5.56 Å². The lowest BCUT2D eigenvalue weighted by molar-refractivity contribution is -0.118. The standard InChI is InChI=1S/C16H25NO2S/c1-11(2)15(18)9-16(19)17-14-7-5-6-13(8-14)10-20-12(3)4/h5-8,11-12,15,18H,9-10H2,1-4H3,(H,17,19). The van der Waals surface area contributed by atoms with Crippen molar-refractivity contribution in [2.24, 2.45) is 5.92 Å². The van der Waals surface area contributed by atoms with Gasteiger partial charge in [-0.15, -0.1) is 0 Å². The fourth-order valence-corrected chi connectivity index (χ4v) is 2.34. The molecule has 20 heavy (non-hydrogen) atoms. The molecule has 0 spiro atoms. The van der Waals surface area contributed by atoms with E-state index in [1.807, 2.05) is 43.8 Å². The van der Waals surface area contributed by atoms with E-state index in [4.69, 9.17) is 0 Å².